The van der Waals surface area contributed by atoms with Crippen LogP contribution in [0.5, 0.6) is 11.5 Å². The van der Waals surface area contributed by atoms with Gasteiger partial charge in [-0.05, 0) is 24.6 Å². The zero-order chi connectivity index (χ0) is 19.6. The molecule has 0 radical (unpaired) electrons. The van der Waals surface area contributed by atoms with E-state index in [1.54, 1.807) is 32.6 Å². The summed E-state index contributed by atoms with van der Waals surface area (Å²) in [5, 5.41) is 4.67. The minimum absolute atomic E-state index is 0.100. The Morgan fingerprint density at radius 1 is 1.22 bits per heavy atom. The van der Waals surface area contributed by atoms with Gasteiger partial charge in [0.1, 0.15) is 0 Å². The minimum Gasteiger partial charge on any atom is -0.493 e. The second-order valence-electron chi connectivity index (χ2n) is 5.34. The largest absolute Gasteiger partial charge is 0.493 e. The fourth-order valence-corrected chi connectivity index (χ4v) is 3.84. The van der Waals surface area contributed by atoms with E-state index in [1.807, 2.05) is 12.1 Å². The first-order chi connectivity index (χ1) is 13.0. The molecule has 1 aromatic heterocycles. The van der Waals surface area contributed by atoms with E-state index in [1.165, 1.54) is 23.1 Å². The van der Waals surface area contributed by atoms with E-state index >= 15 is 0 Å². The molecule has 27 heavy (non-hydrogen) atoms. The predicted octanol–water partition coefficient (Wildman–Crippen LogP) is 2.67. The van der Waals surface area contributed by atoms with Crippen molar-refractivity contribution in [3.8, 4) is 11.5 Å². The number of carbonyl (C=O) groups is 2. The second-order valence-corrected chi connectivity index (χ2v) is 7.42. The summed E-state index contributed by atoms with van der Waals surface area (Å²) >= 11 is 2.75. The predicted molar refractivity (Wildman–Crippen MR) is 105 cm³/mol. The maximum absolute atomic E-state index is 12.1. The van der Waals surface area contributed by atoms with Crippen LogP contribution in [0.2, 0.25) is 0 Å². The zero-order valence-electron chi connectivity index (χ0n) is 15.4. The number of amides is 1. The van der Waals surface area contributed by atoms with Gasteiger partial charge in [0.05, 0.1) is 38.7 Å². The minimum atomic E-state index is -0.299. The molecule has 2 aromatic rings. The van der Waals surface area contributed by atoms with Crippen LogP contribution in [0.15, 0.2) is 27.9 Å². The first-order valence-corrected chi connectivity index (χ1v) is 10.1. The van der Waals surface area contributed by atoms with E-state index in [0.29, 0.717) is 30.3 Å². The van der Waals surface area contributed by atoms with Crippen LogP contribution >= 0.6 is 23.1 Å². The van der Waals surface area contributed by atoms with Gasteiger partial charge in [0.15, 0.2) is 15.8 Å². The number of nitrogens with zero attached hydrogens (tertiary/aromatic N) is 1. The highest BCUT2D eigenvalue weighted by atomic mass is 32.2. The fraction of sp³-hybridized carbons (Fsp3) is 0.389. The Morgan fingerprint density at radius 3 is 2.70 bits per heavy atom. The van der Waals surface area contributed by atoms with E-state index in [9.17, 15) is 9.59 Å². The standard InChI is InChI=1S/C18H22N2O5S2/c1-4-25-17(22)8-13-10-26-18(20-13)27-11-16(21)19-9-12-5-6-14(23-2)15(7-12)24-3/h5-7,10H,4,8-9,11H2,1-3H3,(H,19,21). The molecule has 9 heteroatoms. The average molecular weight is 411 g/mol. The van der Waals surface area contributed by atoms with Gasteiger partial charge in [0, 0.05) is 11.9 Å². The summed E-state index contributed by atoms with van der Waals surface area (Å²) in [6.45, 7) is 2.51. The molecule has 0 bridgehead atoms. The van der Waals surface area contributed by atoms with Crippen LogP contribution in [0.1, 0.15) is 18.2 Å². The molecule has 0 unspecified atom stereocenters. The molecule has 7 nitrogen and oxygen atoms in total. The summed E-state index contributed by atoms with van der Waals surface area (Å²) < 4.78 is 16.1. The number of thiazole rings is 1. The lowest BCUT2D eigenvalue weighted by Gasteiger charge is -2.10. The molecule has 0 fully saturated rings. The molecule has 1 amide bonds. The number of hydrogen-bond donors (Lipinski definition) is 1. The van der Waals surface area contributed by atoms with Crippen LogP contribution in [0, 0.1) is 0 Å². The normalized spacial score (nSPS) is 10.3. The maximum Gasteiger partial charge on any atom is 0.311 e. The Kier molecular flexibility index (Phi) is 8.41. The van der Waals surface area contributed by atoms with Crippen LogP contribution in [-0.4, -0.2) is 43.4 Å². The van der Waals surface area contributed by atoms with Crippen LogP contribution in [0.3, 0.4) is 0 Å². The van der Waals surface area contributed by atoms with Crippen LogP contribution in [0.4, 0.5) is 0 Å². The summed E-state index contributed by atoms with van der Waals surface area (Å²) in [4.78, 5) is 27.8. The molecule has 146 valence electrons. The highest BCUT2D eigenvalue weighted by molar-refractivity contribution is 8.01. The number of benzene rings is 1. The fourth-order valence-electron chi connectivity index (χ4n) is 2.17. The molecular weight excluding hydrogens is 388 g/mol. The summed E-state index contributed by atoms with van der Waals surface area (Å²) in [5.41, 5.74) is 1.57. The molecule has 2 rings (SSSR count). The third kappa shape index (κ3) is 6.76. The number of nitrogens with one attached hydrogen (secondary N) is 1. The summed E-state index contributed by atoms with van der Waals surface area (Å²) in [7, 11) is 3.15. The van der Waals surface area contributed by atoms with Crippen molar-refractivity contribution in [3.05, 3.63) is 34.8 Å². The summed E-state index contributed by atoms with van der Waals surface area (Å²) in [6, 6.07) is 5.50. The molecule has 1 heterocycles. The summed E-state index contributed by atoms with van der Waals surface area (Å²) in [5.74, 6) is 1.12. The van der Waals surface area contributed by atoms with E-state index < -0.39 is 0 Å². The van der Waals surface area contributed by atoms with Crippen molar-refractivity contribution >= 4 is 35.0 Å². The van der Waals surface area contributed by atoms with Gasteiger partial charge in [-0.15, -0.1) is 11.3 Å². The van der Waals surface area contributed by atoms with Gasteiger partial charge in [-0.2, -0.15) is 0 Å². The number of hydrogen-bond acceptors (Lipinski definition) is 8. The molecule has 0 saturated carbocycles. The van der Waals surface area contributed by atoms with E-state index in [4.69, 9.17) is 14.2 Å². The molecule has 0 saturated heterocycles. The molecule has 1 aromatic carbocycles. The van der Waals surface area contributed by atoms with E-state index in [0.717, 1.165) is 9.90 Å². The van der Waals surface area contributed by atoms with Gasteiger partial charge in [-0.3, -0.25) is 9.59 Å². The highest BCUT2D eigenvalue weighted by Crippen LogP contribution is 2.27. The number of rotatable bonds is 10. The quantitative estimate of drug-likeness (QED) is 0.476. The van der Waals surface area contributed by atoms with Crippen LogP contribution in [0.25, 0.3) is 0 Å². The van der Waals surface area contributed by atoms with Crippen molar-refractivity contribution in [1.29, 1.82) is 0 Å². The SMILES string of the molecule is CCOC(=O)Cc1csc(SCC(=O)NCc2ccc(OC)c(OC)c2)n1. The molecule has 0 aliphatic carbocycles. The Bertz CT molecular complexity index is 779. The number of ether oxygens (including phenoxy) is 3. The molecule has 0 aliphatic rings. The topological polar surface area (TPSA) is 86.8 Å². The number of methoxy groups -OCH3 is 2. The second kappa shape index (κ2) is 10.8. The van der Waals surface area contributed by atoms with Gasteiger partial charge in [-0.1, -0.05) is 17.8 Å². The lowest BCUT2D eigenvalue weighted by atomic mass is 10.2. The van der Waals surface area contributed by atoms with Crippen molar-refractivity contribution in [2.24, 2.45) is 0 Å². The van der Waals surface area contributed by atoms with Crippen molar-refractivity contribution in [2.75, 3.05) is 26.6 Å². The van der Waals surface area contributed by atoms with Crippen molar-refractivity contribution in [1.82, 2.24) is 10.3 Å². The van der Waals surface area contributed by atoms with Crippen molar-refractivity contribution in [3.63, 3.8) is 0 Å². The maximum atomic E-state index is 12.1. The molecule has 0 spiro atoms. The lowest BCUT2D eigenvalue weighted by Crippen LogP contribution is -2.24. The smallest absolute Gasteiger partial charge is 0.311 e. The zero-order valence-corrected chi connectivity index (χ0v) is 17.1. The average Bonchev–Trinajstić information content (AvgIpc) is 3.11. The number of esters is 1. The molecule has 0 aliphatic heterocycles. The Balaban J connectivity index is 1.78. The monoisotopic (exact) mass is 410 g/mol. The number of thioether (sulfide) groups is 1. The Hall–Kier alpha value is -2.26. The number of carbonyl (C=O) groups excluding carboxylic acids is 2. The van der Waals surface area contributed by atoms with Gasteiger partial charge in [0.25, 0.3) is 0 Å². The Labute approximate surface area is 166 Å². The van der Waals surface area contributed by atoms with Crippen molar-refractivity contribution in [2.45, 2.75) is 24.2 Å². The van der Waals surface area contributed by atoms with Gasteiger partial charge >= 0.3 is 5.97 Å². The third-order valence-electron chi connectivity index (χ3n) is 3.43. The third-order valence-corrected chi connectivity index (χ3v) is 5.50. The van der Waals surface area contributed by atoms with Gasteiger partial charge in [0.2, 0.25) is 5.91 Å². The summed E-state index contributed by atoms with van der Waals surface area (Å²) in [6.07, 6.45) is 0.149. The van der Waals surface area contributed by atoms with Crippen LogP contribution in [-0.2, 0) is 27.3 Å². The van der Waals surface area contributed by atoms with E-state index in [2.05, 4.69) is 10.3 Å². The first-order valence-electron chi connectivity index (χ1n) is 8.26. The lowest BCUT2D eigenvalue weighted by molar-refractivity contribution is -0.142. The van der Waals surface area contributed by atoms with E-state index in [-0.39, 0.29) is 24.1 Å². The molecule has 1 N–H and O–H groups in total. The van der Waals surface area contributed by atoms with Gasteiger partial charge in [-0.25, -0.2) is 4.98 Å². The molecule has 0 atom stereocenters. The first kappa shape index (κ1) is 21.0. The Morgan fingerprint density at radius 2 is 2.00 bits per heavy atom. The van der Waals surface area contributed by atoms with Crippen molar-refractivity contribution < 1.29 is 23.8 Å². The van der Waals surface area contributed by atoms with Crippen LogP contribution < -0.4 is 14.8 Å². The molecular formula is C18H22N2O5S2. The highest BCUT2D eigenvalue weighted by Gasteiger charge is 2.11. The van der Waals surface area contributed by atoms with Gasteiger partial charge < -0.3 is 19.5 Å². The number of aromatic nitrogens is 1.